The Hall–Kier alpha value is -3.15. The van der Waals surface area contributed by atoms with Gasteiger partial charge in [0, 0.05) is 19.0 Å². The van der Waals surface area contributed by atoms with Crippen molar-refractivity contribution < 1.29 is 13.6 Å². The van der Waals surface area contributed by atoms with Gasteiger partial charge in [-0.25, -0.2) is 9.37 Å². The van der Waals surface area contributed by atoms with Crippen LogP contribution in [-0.2, 0) is 11.3 Å². The van der Waals surface area contributed by atoms with E-state index in [0.717, 1.165) is 11.1 Å². The fourth-order valence-electron chi connectivity index (χ4n) is 2.20. The number of anilines is 2. The number of para-hydroxylation sites is 1. The fourth-order valence-corrected chi connectivity index (χ4v) is 2.20. The molecule has 0 bridgehead atoms. The van der Waals surface area contributed by atoms with Crippen LogP contribution in [0.4, 0.5) is 16.1 Å². The second-order valence-electron chi connectivity index (χ2n) is 5.24. The first-order chi connectivity index (χ1) is 11.6. The summed E-state index contributed by atoms with van der Waals surface area (Å²) >= 11 is 0. The lowest BCUT2D eigenvalue weighted by Gasteiger charge is -2.04. The summed E-state index contributed by atoms with van der Waals surface area (Å²) in [6, 6.07) is 14.1. The van der Waals surface area contributed by atoms with E-state index in [9.17, 15) is 9.18 Å². The predicted molar refractivity (Wildman–Crippen MR) is 89.1 cm³/mol. The molecule has 0 aliphatic rings. The third kappa shape index (κ3) is 3.78. The summed E-state index contributed by atoms with van der Waals surface area (Å²) in [5, 5.41) is 5.55. The number of nitrogens with one attached hydrogen (secondary N) is 2. The highest BCUT2D eigenvalue weighted by molar-refractivity contribution is 5.72. The first kappa shape index (κ1) is 15.7. The third-order valence-corrected chi connectivity index (χ3v) is 3.37. The number of benzene rings is 2. The SMILES string of the molecule is CC(=O)NCc1cccc(-c2cnc(Nc3ccccc3F)o2)c1. The molecule has 0 fully saturated rings. The number of nitrogens with zero attached hydrogens (tertiary/aromatic N) is 1. The number of carbonyl (C=O) groups is 1. The topological polar surface area (TPSA) is 67.2 Å². The summed E-state index contributed by atoms with van der Waals surface area (Å²) in [4.78, 5) is 15.1. The van der Waals surface area contributed by atoms with E-state index in [0.29, 0.717) is 18.0 Å². The Bertz CT molecular complexity index is 861. The lowest BCUT2D eigenvalue weighted by Crippen LogP contribution is -2.18. The van der Waals surface area contributed by atoms with Gasteiger partial charge < -0.3 is 15.1 Å². The van der Waals surface area contributed by atoms with Crippen LogP contribution in [0.15, 0.2) is 59.1 Å². The molecule has 0 aliphatic carbocycles. The zero-order valence-corrected chi connectivity index (χ0v) is 13.0. The van der Waals surface area contributed by atoms with Crippen LogP contribution in [0.1, 0.15) is 12.5 Å². The van der Waals surface area contributed by atoms with Gasteiger partial charge in [-0.05, 0) is 23.8 Å². The van der Waals surface area contributed by atoms with Crippen LogP contribution in [0.25, 0.3) is 11.3 Å². The molecular formula is C18H16FN3O2. The second kappa shape index (κ2) is 6.95. The summed E-state index contributed by atoms with van der Waals surface area (Å²) in [6.45, 7) is 1.92. The number of oxazole rings is 1. The van der Waals surface area contributed by atoms with Crippen LogP contribution in [0.2, 0.25) is 0 Å². The van der Waals surface area contributed by atoms with Crippen molar-refractivity contribution in [1.82, 2.24) is 10.3 Å². The molecule has 0 radical (unpaired) electrons. The highest BCUT2D eigenvalue weighted by Gasteiger charge is 2.09. The van der Waals surface area contributed by atoms with Crippen molar-refractivity contribution in [2.75, 3.05) is 5.32 Å². The van der Waals surface area contributed by atoms with Gasteiger partial charge in [-0.1, -0.05) is 30.3 Å². The number of carbonyl (C=O) groups excluding carboxylic acids is 1. The van der Waals surface area contributed by atoms with Gasteiger partial charge in [0.1, 0.15) is 5.82 Å². The molecule has 0 spiro atoms. The van der Waals surface area contributed by atoms with E-state index in [2.05, 4.69) is 15.6 Å². The van der Waals surface area contributed by atoms with E-state index in [1.807, 2.05) is 24.3 Å². The van der Waals surface area contributed by atoms with Gasteiger partial charge in [-0.15, -0.1) is 0 Å². The lowest BCUT2D eigenvalue weighted by molar-refractivity contribution is -0.119. The summed E-state index contributed by atoms with van der Waals surface area (Å²) in [7, 11) is 0. The van der Waals surface area contributed by atoms with E-state index in [4.69, 9.17) is 4.42 Å². The second-order valence-corrected chi connectivity index (χ2v) is 5.24. The Kier molecular flexibility index (Phi) is 4.56. The van der Waals surface area contributed by atoms with E-state index in [1.165, 1.54) is 13.0 Å². The smallest absolute Gasteiger partial charge is 0.299 e. The van der Waals surface area contributed by atoms with Gasteiger partial charge in [0.05, 0.1) is 11.9 Å². The van der Waals surface area contributed by atoms with Crippen LogP contribution in [-0.4, -0.2) is 10.9 Å². The molecule has 0 atom stereocenters. The van der Waals surface area contributed by atoms with Crippen LogP contribution in [0.5, 0.6) is 0 Å². The normalized spacial score (nSPS) is 10.4. The molecule has 6 heteroatoms. The van der Waals surface area contributed by atoms with Crippen LogP contribution in [0.3, 0.4) is 0 Å². The first-order valence-corrected chi connectivity index (χ1v) is 7.43. The van der Waals surface area contributed by atoms with Gasteiger partial charge in [-0.3, -0.25) is 4.79 Å². The van der Waals surface area contributed by atoms with Crippen molar-refractivity contribution in [3.05, 3.63) is 66.1 Å². The van der Waals surface area contributed by atoms with Crippen molar-refractivity contribution in [2.24, 2.45) is 0 Å². The minimum absolute atomic E-state index is 0.0866. The van der Waals surface area contributed by atoms with Gasteiger partial charge in [0.25, 0.3) is 6.01 Å². The van der Waals surface area contributed by atoms with Crippen molar-refractivity contribution in [1.29, 1.82) is 0 Å². The lowest BCUT2D eigenvalue weighted by atomic mass is 10.1. The molecule has 1 aromatic heterocycles. The van der Waals surface area contributed by atoms with Gasteiger partial charge in [0.2, 0.25) is 5.91 Å². The maximum Gasteiger partial charge on any atom is 0.299 e. The molecule has 5 nitrogen and oxygen atoms in total. The number of hydrogen-bond donors (Lipinski definition) is 2. The summed E-state index contributed by atoms with van der Waals surface area (Å²) < 4.78 is 19.3. The van der Waals surface area contributed by atoms with E-state index in [-0.39, 0.29) is 17.7 Å². The summed E-state index contributed by atoms with van der Waals surface area (Å²) in [5.41, 5.74) is 2.07. The van der Waals surface area contributed by atoms with Crippen LogP contribution < -0.4 is 10.6 Å². The van der Waals surface area contributed by atoms with Crippen molar-refractivity contribution >= 4 is 17.6 Å². The van der Waals surface area contributed by atoms with Crippen LogP contribution >= 0.6 is 0 Å². The average molecular weight is 325 g/mol. The van der Waals surface area contributed by atoms with Crippen LogP contribution in [0, 0.1) is 5.82 Å². The molecule has 1 amide bonds. The van der Waals surface area contributed by atoms with E-state index < -0.39 is 0 Å². The molecular weight excluding hydrogens is 309 g/mol. The Morgan fingerprint density at radius 3 is 2.83 bits per heavy atom. The minimum atomic E-state index is -0.380. The number of hydrogen-bond acceptors (Lipinski definition) is 4. The zero-order valence-electron chi connectivity index (χ0n) is 13.0. The highest BCUT2D eigenvalue weighted by atomic mass is 19.1. The monoisotopic (exact) mass is 325 g/mol. The average Bonchev–Trinajstić information content (AvgIpc) is 3.04. The number of aromatic nitrogens is 1. The maximum absolute atomic E-state index is 13.6. The van der Waals surface area contributed by atoms with Gasteiger partial charge in [-0.2, -0.15) is 0 Å². The Balaban J connectivity index is 1.77. The molecule has 24 heavy (non-hydrogen) atoms. The largest absolute Gasteiger partial charge is 0.423 e. The summed E-state index contributed by atoms with van der Waals surface area (Å²) in [5.74, 6) is 0.0875. The third-order valence-electron chi connectivity index (χ3n) is 3.37. The molecule has 0 saturated carbocycles. The molecule has 0 saturated heterocycles. The molecule has 3 rings (SSSR count). The fraction of sp³-hybridized carbons (Fsp3) is 0.111. The first-order valence-electron chi connectivity index (χ1n) is 7.43. The standard InChI is InChI=1S/C18H16FN3O2/c1-12(23)20-10-13-5-4-6-14(9-13)17-11-21-18(24-17)22-16-8-3-2-7-15(16)19/h2-9,11H,10H2,1H3,(H,20,23)(H,21,22). The van der Waals surface area contributed by atoms with Crippen molar-refractivity contribution in [3.63, 3.8) is 0 Å². The maximum atomic E-state index is 13.6. The Labute approximate surface area is 138 Å². The van der Waals surface area contributed by atoms with Crippen molar-refractivity contribution in [3.8, 4) is 11.3 Å². The molecule has 0 unspecified atom stereocenters. The Morgan fingerprint density at radius 2 is 2.04 bits per heavy atom. The number of amides is 1. The number of halogens is 1. The van der Waals surface area contributed by atoms with E-state index in [1.54, 1.807) is 24.4 Å². The number of rotatable bonds is 5. The molecule has 1 heterocycles. The minimum Gasteiger partial charge on any atom is -0.423 e. The molecule has 2 aromatic carbocycles. The van der Waals surface area contributed by atoms with Crippen molar-refractivity contribution in [2.45, 2.75) is 13.5 Å². The Morgan fingerprint density at radius 1 is 1.21 bits per heavy atom. The van der Waals surface area contributed by atoms with E-state index >= 15 is 0 Å². The molecule has 0 aliphatic heterocycles. The molecule has 3 aromatic rings. The molecule has 122 valence electrons. The van der Waals surface area contributed by atoms with Gasteiger partial charge >= 0.3 is 0 Å². The summed E-state index contributed by atoms with van der Waals surface area (Å²) in [6.07, 6.45) is 1.57. The predicted octanol–water partition coefficient (Wildman–Crippen LogP) is 3.86. The van der Waals surface area contributed by atoms with Gasteiger partial charge in [0.15, 0.2) is 5.76 Å². The molecule has 2 N–H and O–H groups in total. The highest BCUT2D eigenvalue weighted by Crippen LogP contribution is 2.26. The quantitative estimate of drug-likeness (QED) is 0.747. The zero-order chi connectivity index (χ0) is 16.9.